The molecule has 2 fully saturated rings. The lowest BCUT2D eigenvalue weighted by Gasteiger charge is -2.54. The highest BCUT2D eigenvalue weighted by Gasteiger charge is 2.46. The molecule has 1 atom stereocenters. The predicted octanol–water partition coefficient (Wildman–Crippen LogP) is 3.92. The Labute approximate surface area is 251 Å². The summed E-state index contributed by atoms with van der Waals surface area (Å²) in [6.45, 7) is 10.5. The van der Waals surface area contributed by atoms with Gasteiger partial charge in [0.2, 0.25) is 0 Å². The molecule has 226 valence electrons. The summed E-state index contributed by atoms with van der Waals surface area (Å²) in [7, 11) is 3.21. The Bertz CT molecular complexity index is 1430. The Morgan fingerprint density at radius 1 is 1.21 bits per heavy atom. The largest absolute Gasteiger partial charge is 0.491 e. The summed E-state index contributed by atoms with van der Waals surface area (Å²) in [6.07, 6.45) is 2.82. The molecule has 2 aromatic heterocycles. The second-order valence-corrected chi connectivity index (χ2v) is 11.7. The molecule has 3 aromatic rings. The number of aliphatic hydroxyl groups excluding tert-OH is 1. The number of benzene rings is 1. The molecule has 4 heterocycles. The lowest BCUT2D eigenvalue weighted by atomic mass is 9.72. The van der Waals surface area contributed by atoms with Crippen LogP contribution in [0.3, 0.4) is 0 Å². The van der Waals surface area contributed by atoms with Crippen molar-refractivity contribution in [1.82, 2.24) is 30.0 Å². The molecular formula is C30H40ClN7O4. The van der Waals surface area contributed by atoms with Gasteiger partial charge in [0.15, 0.2) is 5.82 Å². The maximum atomic E-state index is 12.0. The molecule has 0 radical (unpaired) electrons. The minimum atomic E-state index is -0.640. The average molecular weight is 598 g/mol. The smallest absolute Gasteiger partial charge is 0.409 e. The number of aliphatic hydroxyl groups is 1. The Balaban J connectivity index is 1.49. The van der Waals surface area contributed by atoms with Crippen molar-refractivity contribution >= 4 is 23.5 Å². The van der Waals surface area contributed by atoms with E-state index in [0.29, 0.717) is 48.3 Å². The number of likely N-dealkylation sites (tertiary alicyclic amines) is 1. The van der Waals surface area contributed by atoms with Crippen LogP contribution in [-0.2, 0) is 11.3 Å². The van der Waals surface area contributed by atoms with E-state index >= 15 is 0 Å². The van der Waals surface area contributed by atoms with Gasteiger partial charge >= 0.3 is 6.09 Å². The zero-order valence-corrected chi connectivity index (χ0v) is 25.7. The van der Waals surface area contributed by atoms with Crippen molar-refractivity contribution in [2.75, 3.05) is 58.4 Å². The van der Waals surface area contributed by atoms with Crippen molar-refractivity contribution in [2.24, 2.45) is 5.41 Å². The monoisotopic (exact) mass is 597 g/mol. The summed E-state index contributed by atoms with van der Waals surface area (Å²) in [4.78, 5) is 26.2. The van der Waals surface area contributed by atoms with Crippen molar-refractivity contribution < 1.29 is 19.4 Å². The van der Waals surface area contributed by atoms with Crippen molar-refractivity contribution in [1.29, 1.82) is 0 Å². The fourth-order valence-corrected chi connectivity index (χ4v) is 6.17. The normalized spacial score (nSPS) is 16.8. The third kappa shape index (κ3) is 5.91. The highest BCUT2D eigenvalue weighted by Crippen LogP contribution is 2.45. The number of nitrogens with one attached hydrogen (secondary N) is 1. The molecular weight excluding hydrogens is 558 g/mol. The van der Waals surface area contributed by atoms with Crippen LogP contribution in [0.5, 0.6) is 5.75 Å². The second kappa shape index (κ2) is 12.4. The Morgan fingerprint density at radius 2 is 1.95 bits per heavy atom. The number of carbonyl (C=O) groups excluding carboxylic acids is 1. The van der Waals surface area contributed by atoms with E-state index in [9.17, 15) is 9.90 Å². The van der Waals surface area contributed by atoms with E-state index in [1.165, 1.54) is 7.11 Å². The number of halogens is 1. The van der Waals surface area contributed by atoms with Gasteiger partial charge in [-0.05, 0) is 64.4 Å². The number of anilines is 1. The molecule has 2 aliphatic rings. The third-order valence-electron chi connectivity index (χ3n) is 8.34. The van der Waals surface area contributed by atoms with Crippen LogP contribution >= 0.6 is 11.6 Å². The molecule has 5 rings (SSSR count). The topological polar surface area (TPSA) is 118 Å². The number of carbonyl (C=O) groups is 1. The van der Waals surface area contributed by atoms with E-state index in [1.54, 1.807) is 24.1 Å². The number of aryl methyl sites for hydroxylation is 2. The number of piperidine rings is 1. The fraction of sp³-hybridized carbons (Fsp3) is 0.533. The Morgan fingerprint density at radius 3 is 2.62 bits per heavy atom. The van der Waals surface area contributed by atoms with Gasteiger partial charge in [-0.25, -0.2) is 14.8 Å². The SMILES string of the molecule is CCn1ncc(C)c1-c1nc(-c2cc(OC[C@H](O)CNC)ccc2Cl)nc(N2CC3(CCN(C(=O)OC)CC3)C2)c1C. The molecule has 0 unspecified atom stereocenters. The molecule has 2 N–H and O–H groups in total. The van der Waals surface area contributed by atoms with Crippen LogP contribution in [0.15, 0.2) is 24.4 Å². The summed E-state index contributed by atoms with van der Waals surface area (Å²) in [6, 6.07) is 5.38. The van der Waals surface area contributed by atoms with Gasteiger partial charge in [0.05, 0.1) is 29.7 Å². The number of hydrogen-bond acceptors (Lipinski definition) is 9. The van der Waals surface area contributed by atoms with Gasteiger partial charge < -0.3 is 29.7 Å². The first kappa shape index (κ1) is 30.1. The number of nitrogens with zero attached hydrogens (tertiary/aromatic N) is 6. The molecule has 2 saturated heterocycles. The van der Waals surface area contributed by atoms with Crippen LogP contribution in [0.4, 0.5) is 10.6 Å². The lowest BCUT2D eigenvalue weighted by Crippen LogP contribution is -2.61. The Hall–Kier alpha value is -3.41. The van der Waals surface area contributed by atoms with Gasteiger partial charge in [0, 0.05) is 55.8 Å². The summed E-state index contributed by atoms with van der Waals surface area (Å²) in [5, 5.41) is 18.1. The van der Waals surface area contributed by atoms with Gasteiger partial charge in [0.25, 0.3) is 0 Å². The molecule has 1 spiro atoms. The third-order valence-corrected chi connectivity index (χ3v) is 8.67. The van der Waals surface area contributed by atoms with Crippen LogP contribution in [0.2, 0.25) is 5.02 Å². The molecule has 42 heavy (non-hydrogen) atoms. The second-order valence-electron chi connectivity index (χ2n) is 11.3. The summed E-state index contributed by atoms with van der Waals surface area (Å²) >= 11 is 6.73. The summed E-state index contributed by atoms with van der Waals surface area (Å²) in [5.41, 5.74) is 4.59. The molecule has 0 bridgehead atoms. The van der Waals surface area contributed by atoms with Gasteiger partial charge in [-0.15, -0.1) is 0 Å². The van der Waals surface area contributed by atoms with Gasteiger partial charge in [-0.3, -0.25) is 4.68 Å². The van der Waals surface area contributed by atoms with Crippen molar-refractivity contribution in [2.45, 2.75) is 46.3 Å². The quantitative estimate of drug-likeness (QED) is 0.378. The first-order valence-electron chi connectivity index (χ1n) is 14.4. The predicted molar refractivity (Wildman–Crippen MR) is 162 cm³/mol. The summed E-state index contributed by atoms with van der Waals surface area (Å²) < 4.78 is 12.8. The number of likely N-dealkylation sites (N-methyl/N-ethyl adjacent to an activating group) is 1. The van der Waals surface area contributed by atoms with E-state index in [2.05, 4.69) is 29.2 Å². The molecule has 2 aliphatic heterocycles. The molecule has 1 amide bonds. The number of amides is 1. The maximum absolute atomic E-state index is 12.0. The average Bonchev–Trinajstić information content (AvgIpc) is 3.35. The van der Waals surface area contributed by atoms with Gasteiger partial charge in [0.1, 0.15) is 24.3 Å². The van der Waals surface area contributed by atoms with E-state index in [1.807, 2.05) is 23.9 Å². The van der Waals surface area contributed by atoms with E-state index in [-0.39, 0.29) is 18.1 Å². The van der Waals surface area contributed by atoms with Gasteiger partial charge in [-0.1, -0.05) is 11.6 Å². The first-order valence-corrected chi connectivity index (χ1v) is 14.8. The van der Waals surface area contributed by atoms with Crippen LogP contribution < -0.4 is 15.0 Å². The van der Waals surface area contributed by atoms with Crippen LogP contribution in [-0.4, -0.2) is 95.4 Å². The fourth-order valence-electron chi connectivity index (χ4n) is 5.97. The number of methoxy groups -OCH3 is 1. The molecule has 12 heteroatoms. The molecule has 11 nitrogen and oxygen atoms in total. The van der Waals surface area contributed by atoms with Crippen molar-refractivity contribution in [3.05, 3.63) is 40.5 Å². The minimum absolute atomic E-state index is 0.142. The molecule has 0 saturated carbocycles. The van der Waals surface area contributed by atoms with Crippen LogP contribution in [0.1, 0.15) is 30.9 Å². The first-order chi connectivity index (χ1) is 20.2. The number of aromatic nitrogens is 4. The minimum Gasteiger partial charge on any atom is -0.491 e. The molecule has 0 aliphatic carbocycles. The number of hydrogen-bond donors (Lipinski definition) is 2. The van der Waals surface area contributed by atoms with E-state index in [0.717, 1.165) is 54.3 Å². The van der Waals surface area contributed by atoms with Crippen molar-refractivity contribution in [3.63, 3.8) is 0 Å². The zero-order valence-electron chi connectivity index (χ0n) is 25.0. The van der Waals surface area contributed by atoms with Gasteiger partial charge in [-0.2, -0.15) is 5.10 Å². The Kier molecular flexibility index (Phi) is 8.91. The highest BCUT2D eigenvalue weighted by molar-refractivity contribution is 6.33. The number of ether oxygens (including phenoxy) is 2. The maximum Gasteiger partial charge on any atom is 0.409 e. The van der Waals surface area contributed by atoms with E-state index < -0.39 is 6.10 Å². The number of rotatable bonds is 9. The summed E-state index contributed by atoms with van der Waals surface area (Å²) in [5.74, 6) is 1.94. The van der Waals surface area contributed by atoms with Crippen molar-refractivity contribution in [3.8, 4) is 28.5 Å². The zero-order chi connectivity index (χ0) is 30.0. The molecule has 1 aromatic carbocycles. The van der Waals surface area contributed by atoms with Crippen LogP contribution in [0.25, 0.3) is 22.8 Å². The highest BCUT2D eigenvalue weighted by atomic mass is 35.5. The van der Waals surface area contributed by atoms with E-state index in [4.69, 9.17) is 31.0 Å². The lowest BCUT2D eigenvalue weighted by molar-refractivity contribution is 0.0621. The standard InChI is InChI=1S/C30H40ClN7O4/c1-6-38-26(19(2)14-33-38)25-20(3)28(37-17-30(18-37)9-11-36(12-10-30)29(40)41-5)35-27(34-25)23-13-22(7-8-24(23)31)42-16-21(39)15-32-4/h7-8,13-14,21,32,39H,6,9-12,15-18H2,1-5H3/t21-/m1/s1. The van der Waals surface area contributed by atoms with Crippen LogP contribution in [0, 0.1) is 19.3 Å².